The third-order valence-corrected chi connectivity index (χ3v) is 3.42. The summed E-state index contributed by atoms with van der Waals surface area (Å²) >= 11 is 0. The minimum absolute atomic E-state index is 0.0205. The molecular formula is C15H17N3O4. The fourth-order valence-electron chi connectivity index (χ4n) is 2.27. The Hall–Kier alpha value is -2.41. The van der Waals surface area contributed by atoms with Crippen molar-refractivity contribution in [2.75, 3.05) is 26.3 Å². The van der Waals surface area contributed by atoms with Gasteiger partial charge in [-0.25, -0.2) is 0 Å². The van der Waals surface area contributed by atoms with Gasteiger partial charge in [0.25, 0.3) is 5.91 Å². The van der Waals surface area contributed by atoms with Gasteiger partial charge in [-0.2, -0.15) is 0 Å². The first-order valence-corrected chi connectivity index (χ1v) is 7.11. The van der Waals surface area contributed by atoms with E-state index in [9.17, 15) is 4.79 Å². The molecule has 116 valence electrons. The van der Waals surface area contributed by atoms with E-state index >= 15 is 0 Å². The van der Waals surface area contributed by atoms with E-state index in [-0.39, 0.29) is 18.6 Å². The van der Waals surface area contributed by atoms with Gasteiger partial charge in [-0.3, -0.25) is 4.79 Å². The van der Waals surface area contributed by atoms with Gasteiger partial charge < -0.3 is 18.8 Å². The number of ether oxygens (including phenoxy) is 2. The summed E-state index contributed by atoms with van der Waals surface area (Å²) in [5, 5.41) is 7.46. The molecule has 2 heterocycles. The van der Waals surface area contributed by atoms with E-state index in [2.05, 4.69) is 10.2 Å². The van der Waals surface area contributed by atoms with E-state index < -0.39 is 0 Å². The lowest BCUT2D eigenvalue weighted by Crippen LogP contribution is -2.46. The Kier molecular flexibility index (Phi) is 4.34. The monoisotopic (exact) mass is 303 g/mol. The van der Waals surface area contributed by atoms with Crippen molar-refractivity contribution in [3.63, 3.8) is 0 Å². The van der Waals surface area contributed by atoms with Gasteiger partial charge in [0.2, 0.25) is 12.3 Å². The minimum atomic E-state index is -0.0314. The molecule has 22 heavy (non-hydrogen) atoms. The summed E-state index contributed by atoms with van der Waals surface area (Å²) < 4.78 is 16.1. The molecule has 2 aromatic rings. The van der Waals surface area contributed by atoms with Crippen LogP contribution in [0, 0.1) is 0 Å². The molecule has 1 saturated heterocycles. The Morgan fingerprint density at radius 3 is 2.91 bits per heavy atom. The van der Waals surface area contributed by atoms with Gasteiger partial charge in [-0.15, -0.1) is 10.2 Å². The van der Waals surface area contributed by atoms with E-state index in [1.54, 1.807) is 17.0 Å². The number of carbonyl (C=O) groups excluding carboxylic acids is 1. The number of amides is 1. The van der Waals surface area contributed by atoms with Crippen LogP contribution in [0.4, 0.5) is 0 Å². The summed E-state index contributed by atoms with van der Waals surface area (Å²) in [6.07, 6.45) is 1.35. The highest BCUT2D eigenvalue weighted by atomic mass is 16.5. The van der Waals surface area contributed by atoms with Crippen LogP contribution in [0.1, 0.15) is 6.92 Å². The molecule has 1 aliphatic rings. The fourth-order valence-corrected chi connectivity index (χ4v) is 2.27. The maximum atomic E-state index is 12.1. The van der Waals surface area contributed by atoms with Gasteiger partial charge >= 0.3 is 0 Å². The predicted octanol–water partition coefficient (Wildman–Crippen LogP) is 1.36. The first-order chi connectivity index (χ1) is 10.7. The van der Waals surface area contributed by atoms with Crippen molar-refractivity contribution in [2.45, 2.75) is 13.0 Å². The van der Waals surface area contributed by atoms with Crippen LogP contribution in [0.2, 0.25) is 0 Å². The third-order valence-electron chi connectivity index (χ3n) is 3.42. The Balaban J connectivity index is 1.54. The van der Waals surface area contributed by atoms with Crippen molar-refractivity contribution in [2.24, 2.45) is 0 Å². The Morgan fingerprint density at radius 1 is 1.41 bits per heavy atom. The third kappa shape index (κ3) is 3.43. The number of hydrogen-bond donors (Lipinski definition) is 0. The van der Waals surface area contributed by atoms with Crippen molar-refractivity contribution in [1.82, 2.24) is 15.1 Å². The van der Waals surface area contributed by atoms with Crippen LogP contribution in [0.15, 0.2) is 35.1 Å². The average molecular weight is 303 g/mol. The summed E-state index contributed by atoms with van der Waals surface area (Å²) in [5.41, 5.74) is 0.804. The van der Waals surface area contributed by atoms with Crippen LogP contribution in [0.5, 0.6) is 5.75 Å². The topological polar surface area (TPSA) is 77.7 Å². The first kappa shape index (κ1) is 14.5. The highest BCUT2D eigenvalue weighted by molar-refractivity contribution is 5.78. The minimum Gasteiger partial charge on any atom is -0.484 e. The normalized spacial score (nSPS) is 18.2. The predicted molar refractivity (Wildman–Crippen MR) is 77.2 cm³/mol. The van der Waals surface area contributed by atoms with Gasteiger partial charge in [0.15, 0.2) is 6.61 Å². The largest absolute Gasteiger partial charge is 0.484 e. The Bertz CT molecular complexity index is 612. The van der Waals surface area contributed by atoms with E-state index in [1.807, 2.05) is 19.1 Å². The molecule has 1 aliphatic heterocycles. The molecule has 7 heteroatoms. The van der Waals surface area contributed by atoms with E-state index in [1.165, 1.54) is 6.39 Å². The van der Waals surface area contributed by atoms with E-state index in [0.29, 0.717) is 31.3 Å². The SMILES string of the molecule is C[C@@H]1CN(C(=O)COc2ccc(-c3nnco3)cc2)CCO1. The van der Waals surface area contributed by atoms with Crippen LogP contribution in [0.3, 0.4) is 0 Å². The summed E-state index contributed by atoms with van der Waals surface area (Å²) in [6.45, 7) is 3.77. The number of hydrogen-bond acceptors (Lipinski definition) is 6. The summed E-state index contributed by atoms with van der Waals surface area (Å²) in [4.78, 5) is 13.8. The number of nitrogens with zero attached hydrogens (tertiary/aromatic N) is 3. The van der Waals surface area contributed by atoms with Crippen molar-refractivity contribution < 1.29 is 18.7 Å². The molecule has 0 saturated carbocycles. The number of carbonyl (C=O) groups is 1. The Labute approximate surface area is 127 Å². The molecular weight excluding hydrogens is 286 g/mol. The first-order valence-electron chi connectivity index (χ1n) is 7.11. The zero-order valence-corrected chi connectivity index (χ0v) is 12.3. The van der Waals surface area contributed by atoms with Crippen molar-refractivity contribution in [3.8, 4) is 17.2 Å². The van der Waals surface area contributed by atoms with Crippen LogP contribution in [0.25, 0.3) is 11.5 Å². The molecule has 0 bridgehead atoms. The van der Waals surface area contributed by atoms with Crippen LogP contribution in [-0.4, -0.2) is 53.4 Å². The van der Waals surface area contributed by atoms with Crippen molar-refractivity contribution in [1.29, 1.82) is 0 Å². The van der Waals surface area contributed by atoms with Crippen molar-refractivity contribution >= 4 is 5.91 Å². The second kappa shape index (κ2) is 6.57. The standard InChI is InChI=1S/C15H17N3O4/c1-11-8-18(6-7-20-11)14(19)9-21-13-4-2-12(3-5-13)15-17-16-10-22-15/h2-5,10-11H,6-9H2,1H3/t11-/m1/s1. The zero-order chi connectivity index (χ0) is 15.4. The zero-order valence-electron chi connectivity index (χ0n) is 12.3. The van der Waals surface area contributed by atoms with Gasteiger partial charge in [0.1, 0.15) is 5.75 Å². The molecule has 1 aromatic carbocycles. The quantitative estimate of drug-likeness (QED) is 0.849. The van der Waals surface area contributed by atoms with E-state index in [0.717, 1.165) is 5.56 Å². The van der Waals surface area contributed by atoms with Gasteiger partial charge in [-0.1, -0.05) is 0 Å². The maximum absolute atomic E-state index is 12.1. The van der Waals surface area contributed by atoms with Crippen LogP contribution >= 0.6 is 0 Å². The molecule has 3 rings (SSSR count). The fraction of sp³-hybridized carbons (Fsp3) is 0.400. The molecule has 1 aromatic heterocycles. The van der Waals surface area contributed by atoms with Gasteiger partial charge in [-0.05, 0) is 31.2 Å². The average Bonchev–Trinajstić information content (AvgIpc) is 3.07. The number of rotatable bonds is 4. The molecule has 1 atom stereocenters. The molecule has 1 fully saturated rings. The smallest absolute Gasteiger partial charge is 0.260 e. The molecule has 0 unspecified atom stereocenters. The summed E-state index contributed by atoms with van der Waals surface area (Å²) in [6, 6.07) is 7.16. The molecule has 0 N–H and O–H groups in total. The molecule has 0 radical (unpaired) electrons. The number of aromatic nitrogens is 2. The number of benzene rings is 1. The number of morpholine rings is 1. The molecule has 7 nitrogen and oxygen atoms in total. The lowest BCUT2D eigenvalue weighted by molar-refractivity contribution is -0.140. The molecule has 0 spiro atoms. The lowest BCUT2D eigenvalue weighted by atomic mass is 10.2. The second-order valence-electron chi connectivity index (χ2n) is 5.08. The highest BCUT2D eigenvalue weighted by Gasteiger charge is 2.21. The summed E-state index contributed by atoms with van der Waals surface area (Å²) in [5.74, 6) is 1.04. The van der Waals surface area contributed by atoms with Crippen LogP contribution in [-0.2, 0) is 9.53 Å². The molecule has 0 aliphatic carbocycles. The maximum Gasteiger partial charge on any atom is 0.260 e. The Morgan fingerprint density at radius 2 is 2.23 bits per heavy atom. The molecule has 1 amide bonds. The van der Waals surface area contributed by atoms with E-state index in [4.69, 9.17) is 13.9 Å². The highest BCUT2D eigenvalue weighted by Crippen LogP contribution is 2.20. The van der Waals surface area contributed by atoms with Crippen molar-refractivity contribution in [3.05, 3.63) is 30.7 Å². The second-order valence-corrected chi connectivity index (χ2v) is 5.08. The summed E-state index contributed by atoms with van der Waals surface area (Å²) in [7, 11) is 0. The van der Waals surface area contributed by atoms with Gasteiger partial charge in [0.05, 0.1) is 12.7 Å². The van der Waals surface area contributed by atoms with Gasteiger partial charge in [0, 0.05) is 18.7 Å². The lowest BCUT2D eigenvalue weighted by Gasteiger charge is -2.31. The van der Waals surface area contributed by atoms with Crippen LogP contribution < -0.4 is 4.74 Å².